The maximum absolute atomic E-state index is 2.33. The Morgan fingerprint density at radius 1 is 0.247 bits per heavy atom. The fourth-order valence-electron chi connectivity index (χ4n) is 8.55. The average Bonchev–Trinajstić information content (AvgIpc) is 4.19. The van der Waals surface area contributed by atoms with Crippen LogP contribution in [0.1, 0.15) is 283 Å². The fraction of sp³-hybridized carbons (Fsp3) is 0.532. The molecule has 0 aliphatic heterocycles. The van der Waals surface area contributed by atoms with E-state index in [1.54, 1.807) is 5.57 Å². The minimum absolute atomic E-state index is 0.218. The Kier molecular flexibility index (Phi) is 30.4. The lowest BCUT2D eigenvalue weighted by Crippen LogP contribution is -2.14. The highest BCUT2D eigenvalue weighted by molar-refractivity contribution is 5.75. The van der Waals surface area contributed by atoms with Crippen molar-refractivity contribution in [1.29, 1.82) is 0 Å². The van der Waals surface area contributed by atoms with Crippen LogP contribution < -0.4 is 0 Å². The maximum Gasteiger partial charge on any atom is -0.00170 e. The summed E-state index contributed by atoms with van der Waals surface area (Å²) in [7, 11) is 0. The van der Waals surface area contributed by atoms with E-state index in [1.807, 2.05) is 55.4 Å². The topological polar surface area (TPSA) is 0 Å². The molecule has 0 saturated carbocycles. The van der Waals surface area contributed by atoms with Crippen molar-refractivity contribution in [3.05, 3.63) is 200 Å². The molecule has 0 bridgehead atoms. The Morgan fingerprint density at radius 3 is 0.740 bits per heavy atom. The van der Waals surface area contributed by atoms with Crippen molar-refractivity contribution in [3.8, 4) is 0 Å². The molecule has 0 heterocycles. The summed E-state index contributed by atoms with van der Waals surface area (Å²) in [6.45, 7) is 65.8. The monoisotopic (exact) mass is 1040 g/mol. The standard InChI is InChI=1S/C24H30.C18H24.C14H22.C13H20.4C2H6/c1-23(2,3)21-12-9-17(10-13-21)18-7-8-19(15-18)20-11-14-22(16-20)24(4,5)6;1-13(2)14-6-8-15(9-7-14)16-10-11-17(12-16)18(3,4)5;1-13(2,3)11-7-9-12(10-8-11)14(4,5)6;1-10(2)11-6-8-12(9-7-11)13(3,4)5;4*1-2/h7-14H,15-16H2,1-6H3;6-11,13H,12H2,1-5H3;7-10H,1-6H3;6-10H,1-5H3;4*1-2H3. The summed E-state index contributed by atoms with van der Waals surface area (Å²) < 4.78 is 0. The zero-order valence-corrected chi connectivity index (χ0v) is 56.0. The molecule has 0 amide bonds. The van der Waals surface area contributed by atoms with E-state index in [4.69, 9.17) is 0 Å². The van der Waals surface area contributed by atoms with Gasteiger partial charge in [-0.05, 0) is 130 Å². The van der Waals surface area contributed by atoms with Crippen LogP contribution in [-0.4, -0.2) is 0 Å². The molecule has 4 aromatic carbocycles. The van der Waals surface area contributed by atoms with Crippen molar-refractivity contribution < 1.29 is 0 Å². The molecule has 428 valence electrons. The molecule has 0 unspecified atom stereocenters. The predicted octanol–water partition coefficient (Wildman–Crippen LogP) is 25.1. The maximum atomic E-state index is 2.33. The van der Waals surface area contributed by atoms with Crippen LogP contribution in [0.15, 0.2) is 156 Å². The lowest BCUT2D eigenvalue weighted by molar-refractivity contribution is 0.494. The molecule has 0 aromatic heterocycles. The van der Waals surface area contributed by atoms with Gasteiger partial charge in [-0.2, -0.15) is 0 Å². The molecular formula is C77H120. The van der Waals surface area contributed by atoms with Gasteiger partial charge in [0, 0.05) is 0 Å². The number of allylic oxidation sites excluding steroid dienone is 12. The Balaban J connectivity index is 0.000000981. The number of hydrogen-bond acceptors (Lipinski definition) is 0. The van der Waals surface area contributed by atoms with Crippen molar-refractivity contribution in [1.82, 2.24) is 0 Å². The van der Waals surface area contributed by atoms with Crippen molar-refractivity contribution in [3.63, 3.8) is 0 Å². The minimum Gasteiger partial charge on any atom is -0.0683 e. The van der Waals surface area contributed by atoms with Gasteiger partial charge in [-0.3, -0.25) is 0 Å². The largest absolute Gasteiger partial charge is 0.0683 e. The van der Waals surface area contributed by atoms with E-state index in [0.29, 0.717) is 11.8 Å². The van der Waals surface area contributed by atoms with Crippen molar-refractivity contribution >= 4 is 11.1 Å². The van der Waals surface area contributed by atoms with Crippen LogP contribution in [-0.2, 0) is 21.7 Å². The first-order valence-electron chi connectivity index (χ1n) is 30.3. The van der Waals surface area contributed by atoms with Crippen molar-refractivity contribution in [2.75, 3.05) is 0 Å². The van der Waals surface area contributed by atoms with E-state index < -0.39 is 0 Å². The molecule has 0 radical (unpaired) electrons. The Bertz CT molecular complexity index is 2430. The average molecular weight is 1050 g/mol. The number of rotatable bonds is 5. The Morgan fingerprint density at radius 2 is 0.455 bits per heavy atom. The summed E-state index contributed by atoms with van der Waals surface area (Å²) >= 11 is 0. The third-order valence-electron chi connectivity index (χ3n) is 14.1. The number of hydrogen-bond donors (Lipinski definition) is 0. The first-order chi connectivity index (χ1) is 35.6. The summed E-state index contributed by atoms with van der Waals surface area (Å²) in [6, 6.07) is 36.2. The molecule has 0 atom stereocenters. The van der Waals surface area contributed by atoms with Gasteiger partial charge in [0.1, 0.15) is 0 Å². The number of benzene rings is 4. The van der Waals surface area contributed by atoms with E-state index in [0.717, 1.165) is 19.3 Å². The van der Waals surface area contributed by atoms with E-state index in [-0.39, 0.29) is 32.5 Å². The summed E-state index contributed by atoms with van der Waals surface area (Å²) in [5.74, 6) is 1.24. The summed E-state index contributed by atoms with van der Waals surface area (Å²) in [6.07, 6.45) is 17.1. The second kappa shape index (κ2) is 32.4. The molecule has 4 aromatic rings. The summed E-state index contributed by atoms with van der Waals surface area (Å²) in [4.78, 5) is 0. The highest BCUT2D eigenvalue weighted by Crippen LogP contribution is 2.42. The van der Waals surface area contributed by atoms with Gasteiger partial charge in [0.2, 0.25) is 0 Å². The van der Waals surface area contributed by atoms with Gasteiger partial charge in [0.05, 0.1) is 0 Å². The van der Waals surface area contributed by atoms with Crippen molar-refractivity contribution in [2.45, 2.75) is 260 Å². The third kappa shape index (κ3) is 24.5. The second-order valence-electron chi connectivity index (χ2n) is 26.9. The van der Waals surface area contributed by atoms with Gasteiger partial charge in [-0.15, -0.1) is 0 Å². The van der Waals surface area contributed by atoms with Crippen LogP contribution in [0, 0.1) is 10.8 Å². The third-order valence-corrected chi connectivity index (χ3v) is 14.1. The molecule has 3 aliphatic carbocycles. The second-order valence-corrected chi connectivity index (χ2v) is 26.9. The zero-order valence-electron chi connectivity index (χ0n) is 56.0. The van der Waals surface area contributed by atoms with Crippen LogP contribution in [0.4, 0.5) is 0 Å². The summed E-state index contributed by atoms with van der Waals surface area (Å²) in [5.41, 5.74) is 21.7. The van der Waals surface area contributed by atoms with E-state index >= 15 is 0 Å². The molecule has 0 N–H and O–H groups in total. The molecular weight excluding hydrogens is 925 g/mol. The van der Waals surface area contributed by atoms with Crippen molar-refractivity contribution in [2.24, 2.45) is 10.8 Å². The van der Waals surface area contributed by atoms with Gasteiger partial charge in [-0.1, -0.05) is 352 Å². The van der Waals surface area contributed by atoms with Gasteiger partial charge < -0.3 is 0 Å². The molecule has 77 heavy (non-hydrogen) atoms. The van der Waals surface area contributed by atoms with Gasteiger partial charge >= 0.3 is 0 Å². The smallest absolute Gasteiger partial charge is 0.00170 e. The zero-order chi connectivity index (χ0) is 59.9. The minimum atomic E-state index is 0.218. The molecule has 3 aliphatic rings. The van der Waals surface area contributed by atoms with E-state index in [9.17, 15) is 0 Å². The van der Waals surface area contributed by atoms with Crippen LogP contribution in [0.3, 0.4) is 0 Å². The first kappa shape index (κ1) is 72.3. The normalized spacial score (nSPS) is 14.1. The first-order valence-corrected chi connectivity index (χ1v) is 30.3. The predicted molar refractivity (Wildman–Crippen MR) is 355 cm³/mol. The Hall–Kier alpha value is -4.68. The lowest BCUT2D eigenvalue weighted by Gasteiger charge is -2.23. The van der Waals surface area contributed by atoms with Gasteiger partial charge in [0.15, 0.2) is 0 Å². The Labute approximate surface area is 480 Å². The van der Waals surface area contributed by atoms with E-state index in [1.165, 1.54) is 72.4 Å². The van der Waals surface area contributed by atoms with Crippen LogP contribution in [0.2, 0.25) is 0 Å². The molecule has 7 rings (SSSR count). The molecule has 0 spiro atoms. The quantitative estimate of drug-likeness (QED) is 0.187. The summed E-state index contributed by atoms with van der Waals surface area (Å²) in [5, 5.41) is 0. The fourth-order valence-corrected chi connectivity index (χ4v) is 8.55. The molecule has 0 heteroatoms. The van der Waals surface area contributed by atoms with Crippen LogP contribution >= 0.6 is 0 Å². The SMILES string of the molecule is CC.CC.CC.CC.CC(C)(C)C1=CC=C(C2=CC=C(c3ccc(C(C)(C)C)cc3)C2)C1.CC(C)(C)c1ccc(C(C)(C)C)cc1.CC(C)c1ccc(C(C)(C)C)cc1.CC(C)c1ccc(C2=CC=C(C(C)(C)C)C2)cc1. The van der Waals surface area contributed by atoms with Crippen LogP contribution in [0.5, 0.6) is 0 Å². The highest BCUT2D eigenvalue weighted by Gasteiger charge is 2.25. The van der Waals surface area contributed by atoms with Gasteiger partial charge in [-0.25, -0.2) is 0 Å². The lowest BCUT2D eigenvalue weighted by atomic mass is 9.82. The molecule has 0 saturated heterocycles. The highest BCUT2D eigenvalue weighted by atomic mass is 14.3. The molecule has 0 fully saturated rings. The van der Waals surface area contributed by atoms with Crippen LogP contribution in [0.25, 0.3) is 11.1 Å². The van der Waals surface area contributed by atoms with E-state index in [2.05, 4.69) is 286 Å². The molecule has 0 nitrogen and oxygen atoms in total. The van der Waals surface area contributed by atoms with Gasteiger partial charge in [0.25, 0.3) is 0 Å².